The molecule has 0 aromatic carbocycles. The maximum atomic E-state index is 8.62. The number of halogens is 2. The molecule has 0 aliphatic carbocycles. The van der Waals surface area contributed by atoms with E-state index in [1.165, 1.54) is 0 Å². The number of pyridine rings is 1. The van der Waals surface area contributed by atoms with E-state index in [-0.39, 0.29) is 11.9 Å². The van der Waals surface area contributed by atoms with Gasteiger partial charge in [0.1, 0.15) is 11.6 Å². The quantitative estimate of drug-likeness (QED) is 0.906. The molecule has 1 heterocycles. The van der Waals surface area contributed by atoms with E-state index in [0.717, 1.165) is 0 Å². The van der Waals surface area contributed by atoms with Crippen molar-refractivity contribution in [3.63, 3.8) is 0 Å². The van der Waals surface area contributed by atoms with Gasteiger partial charge in [-0.05, 0) is 13.0 Å². The summed E-state index contributed by atoms with van der Waals surface area (Å²) in [7, 11) is 1.81. The van der Waals surface area contributed by atoms with Crippen molar-refractivity contribution in [2.24, 2.45) is 0 Å². The minimum Gasteiger partial charge on any atom is -0.382 e. The van der Waals surface area contributed by atoms with Crippen LogP contribution in [0.2, 0.25) is 10.0 Å². The minimum atomic E-state index is 0.00979. The maximum absolute atomic E-state index is 8.62. The van der Waals surface area contributed by atoms with Gasteiger partial charge in [0.15, 0.2) is 0 Å². The second kappa shape index (κ2) is 5.24. The molecule has 1 aromatic heterocycles. The number of aromatic nitrogens is 1. The summed E-state index contributed by atoms with van der Waals surface area (Å²) in [5.74, 6) is 0.767. The highest BCUT2D eigenvalue weighted by Gasteiger charge is 2.16. The molecule has 0 bridgehead atoms. The molecule has 0 spiro atoms. The molecule has 1 unspecified atom stereocenters. The molecule has 0 saturated heterocycles. The van der Waals surface area contributed by atoms with E-state index >= 15 is 0 Å². The first-order chi connectivity index (χ1) is 7.47. The molecule has 6 heteroatoms. The highest BCUT2D eigenvalue weighted by molar-refractivity contribution is 6.37. The van der Waals surface area contributed by atoms with Crippen molar-refractivity contribution in [3.8, 4) is 6.07 Å². The monoisotopic (exact) mass is 258 g/mol. The standard InChI is InChI=1S/C10H12Cl2N4/c1-6(3-4-13)16(2)10-8(12)5-7(11)9(14)15-10/h5-6H,3H2,1-2H3,(H2,14,15). The van der Waals surface area contributed by atoms with Crippen molar-refractivity contribution in [2.45, 2.75) is 19.4 Å². The molecule has 0 fully saturated rings. The molecule has 1 aromatic rings. The van der Waals surface area contributed by atoms with Crippen LogP contribution < -0.4 is 10.6 Å². The van der Waals surface area contributed by atoms with Gasteiger partial charge in [0, 0.05) is 13.1 Å². The van der Waals surface area contributed by atoms with Crippen LogP contribution in [0.3, 0.4) is 0 Å². The number of anilines is 2. The zero-order chi connectivity index (χ0) is 12.3. The topological polar surface area (TPSA) is 65.9 Å². The first-order valence-corrected chi connectivity index (χ1v) is 5.44. The Bertz CT molecular complexity index is 428. The Hall–Kier alpha value is -1.18. The summed E-state index contributed by atoms with van der Waals surface area (Å²) in [6, 6.07) is 3.66. The van der Waals surface area contributed by atoms with Crippen LogP contribution in [0.25, 0.3) is 0 Å². The van der Waals surface area contributed by atoms with Gasteiger partial charge in [-0.25, -0.2) is 4.98 Å². The Morgan fingerprint density at radius 3 is 2.75 bits per heavy atom. The van der Waals surface area contributed by atoms with E-state index in [9.17, 15) is 0 Å². The summed E-state index contributed by atoms with van der Waals surface area (Å²) in [6.45, 7) is 1.91. The average molecular weight is 259 g/mol. The third kappa shape index (κ3) is 2.69. The Morgan fingerprint density at radius 2 is 2.19 bits per heavy atom. The summed E-state index contributed by atoms with van der Waals surface area (Å²) in [6.07, 6.45) is 0.386. The van der Waals surface area contributed by atoms with Crippen molar-refractivity contribution in [1.82, 2.24) is 4.98 Å². The first-order valence-electron chi connectivity index (χ1n) is 4.68. The zero-order valence-corrected chi connectivity index (χ0v) is 10.5. The number of hydrogen-bond donors (Lipinski definition) is 1. The van der Waals surface area contributed by atoms with E-state index in [1.807, 2.05) is 14.0 Å². The highest BCUT2D eigenvalue weighted by Crippen LogP contribution is 2.30. The van der Waals surface area contributed by atoms with Crippen LogP contribution >= 0.6 is 23.2 Å². The van der Waals surface area contributed by atoms with Crippen LogP contribution in [-0.2, 0) is 0 Å². The Labute approximate surface area is 105 Å². The molecule has 0 aliphatic heterocycles. The van der Waals surface area contributed by atoms with Gasteiger partial charge in [-0.3, -0.25) is 0 Å². The normalized spacial score (nSPS) is 11.9. The number of nitrogen functional groups attached to an aromatic ring is 1. The fourth-order valence-corrected chi connectivity index (χ4v) is 1.69. The fourth-order valence-electron chi connectivity index (χ4n) is 1.20. The first kappa shape index (κ1) is 12.9. The lowest BCUT2D eigenvalue weighted by Gasteiger charge is -2.25. The Morgan fingerprint density at radius 1 is 1.56 bits per heavy atom. The van der Waals surface area contributed by atoms with Gasteiger partial charge in [0.2, 0.25) is 0 Å². The smallest absolute Gasteiger partial charge is 0.149 e. The van der Waals surface area contributed by atoms with Crippen molar-refractivity contribution in [1.29, 1.82) is 5.26 Å². The van der Waals surface area contributed by atoms with E-state index in [4.69, 9.17) is 34.2 Å². The van der Waals surface area contributed by atoms with Crippen molar-refractivity contribution >= 4 is 34.8 Å². The summed E-state index contributed by atoms with van der Waals surface area (Å²) in [4.78, 5) is 5.91. The maximum Gasteiger partial charge on any atom is 0.149 e. The lowest BCUT2D eigenvalue weighted by molar-refractivity contribution is 0.694. The van der Waals surface area contributed by atoms with Gasteiger partial charge in [-0.15, -0.1) is 0 Å². The summed E-state index contributed by atoms with van der Waals surface area (Å²) in [5.41, 5.74) is 5.61. The predicted octanol–water partition coefficient (Wildman–Crippen LogP) is 2.71. The molecule has 0 aliphatic rings. The van der Waals surface area contributed by atoms with Crippen LogP contribution in [-0.4, -0.2) is 18.1 Å². The van der Waals surface area contributed by atoms with Gasteiger partial charge < -0.3 is 10.6 Å². The van der Waals surface area contributed by atoms with E-state index in [0.29, 0.717) is 22.3 Å². The fraction of sp³-hybridized carbons (Fsp3) is 0.400. The van der Waals surface area contributed by atoms with Crippen molar-refractivity contribution < 1.29 is 0 Å². The van der Waals surface area contributed by atoms with Crippen LogP contribution in [0.5, 0.6) is 0 Å². The molecule has 0 saturated carbocycles. The predicted molar refractivity (Wildman–Crippen MR) is 66.8 cm³/mol. The number of nitrogens with two attached hydrogens (primary N) is 1. The molecule has 0 amide bonds. The van der Waals surface area contributed by atoms with E-state index in [1.54, 1.807) is 11.0 Å². The zero-order valence-electron chi connectivity index (χ0n) is 9.04. The summed E-state index contributed by atoms with van der Waals surface area (Å²) in [5, 5.41) is 9.38. The Kier molecular flexibility index (Phi) is 4.22. The number of nitrogens with zero attached hydrogens (tertiary/aromatic N) is 3. The molecule has 1 rings (SSSR count). The third-order valence-electron chi connectivity index (χ3n) is 2.32. The molecule has 0 radical (unpaired) electrons. The van der Waals surface area contributed by atoms with Gasteiger partial charge in [0.05, 0.1) is 22.5 Å². The number of rotatable bonds is 3. The number of hydrogen-bond acceptors (Lipinski definition) is 4. The molecule has 4 nitrogen and oxygen atoms in total. The van der Waals surface area contributed by atoms with Gasteiger partial charge in [0.25, 0.3) is 0 Å². The van der Waals surface area contributed by atoms with Gasteiger partial charge in [-0.1, -0.05) is 23.2 Å². The second-order valence-electron chi connectivity index (χ2n) is 3.48. The number of nitriles is 1. The molecule has 2 N–H and O–H groups in total. The largest absolute Gasteiger partial charge is 0.382 e. The third-order valence-corrected chi connectivity index (χ3v) is 2.90. The van der Waals surface area contributed by atoms with Crippen molar-refractivity contribution in [2.75, 3.05) is 17.7 Å². The van der Waals surface area contributed by atoms with Crippen LogP contribution in [0.4, 0.5) is 11.6 Å². The van der Waals surface area contributed by atoms with E-state index < -0.39 is 0 Å². The van der Waals surface area contributed by atoms with Crippen LogP contribution in [0, 0.1) is 11.3 Å². The molecule has 16 heavy (non-hydrogen) atoms. The molecule has 1 atom stereocenters. The van der Waals surface area contributed by atoms with Crippen LogP contribution in [0.1, 0.15) is 13.3 Å². The summed E-state index contributed by atoms with van der Waals surface area (Å²) < 4.78 is 0. The lowest BCUT2D eigenvalue weighted by Crippen LogP contribution is -2.29. The SMILES string of the molecule is CC(CC#N)N(C)c1nc(N)c(Cl)cc1Cl. The van der Waals surface area contributed by atoms with E-state index in [2.05, 4.69) is 11.1 Å². The minimum absolute atomic E-state index is 0.00979. The van der Waals surface area contributed by atoms with Crippen LogP contribution in [0.15, 0.2) is 6.07 Å². The van der Waals surface area contributed by atoms with Gasteiger partial charge >= 0.3 is 0 Å². The average Bonchev–Trinajstić information content (AvgIpc) is 2.23. The molecular formula is C10H12Cl2N4. The summed E-state index contributed by atoms with van der Waals surface area (Å²) >= 11 is 11.8. The van der Waals surface area contributed by atoms with Crippen molar-refractivity contribution in [3.05, 3.63) is 16.1 Å². The lowest BCUT2D eigenvalue weighted by atomic mass is 10.2. The molecular weight excluding hydrogens is 247 g/mol. The molecule has 86 valence electrons. The van der Waals surface area contributed by atoms with Gasteiger partial charge in [-0.2, -0.15) is 5.26 Å². The Balaban J connectivity index is 3.04. The highest BCUT2D eigenvalue weighted by atomic mass is 35.5. The second-order valence-corrected chi connectivity index (χ2v) is 4.30.